The third-order valence-electron chi connectivity index (χ3n) is 5.69. The van der Waals surface area contributed by atoms with Crippen molar-refractivity contribution in [3.63, 3.8) is 0 Å². The Kier molecular flexibility index (Phi) is 5.38. The summed E-state index contributed by atoms with van der Waals surface area (Å²) < 4.78 is 10.8. The molecule has 0 saturated carbocycles. The van der Waals surface area contributed by atoms with Crippen LogP contribution >= 0.6 is 0 Å². The van der Waals surface area contributed by atoms with E-state index in [4.69, 9.17) is 14.5 Å². The number of likely N-dealkylation sites (tertiary alicyclic amines) is 1. The van der Waals surface area contributed by atoms with Crippen LogP contribution in [-0.4, -0.2) is 42.6 Å². The first-order valence-corrected chi connectivity index (χ1v) is 10.1. The number of aromatic nitrogens is 1. The molecule has 2 heterocycles. The second kappa shape index (κ2) is 8.11. The van der Waals surface area contributed by atoms with Crippen LogP contribution in [0.1, 0.15) is 36.5 Å². The van der Waals surface area contributed by atoms with E-state index in [2.05, 4.69) is 6.92 Å². The maximum absolute atomic E-state index is 13.5. The van der Waals surface area contributed by atoms with Gasteiger partial charge in [-0.1, -0.05) is 18.2 Å². The Labute approximate surface area is 171 Å². The van der Waals surface area contributed by atoms with Crippen LogP contribution in [0.2, 0.25) is 0 Å². The van der Waals surface area contributed by atoms with Crippen LogP contribution < -0.4 is 9.47 Å². The zero-order valence-corrected chi connectivity index (χ0v) is 17.1. The van der Waals surface area contributed by atoms with Gasteiger partial charge in [-0.3, -0.25) is 4.79 Å². The Morgan fingerprint density at radius 1 is 1.03 bits per heavy atom. The molecule has 1 amide bonds. The third kappa shape index (κ3) is 3.65. The van der Waals surface area contributed by atoms with Crippen molar-refractivity contribution in [1.82, 2.24) is 9.88 Å². The number of carbonyl (C=O) groups is 1. The summed E-state index contributed by atoms with van der Waals surface area (Å²) in [5.74, 6) is 1.38. The van der Waals surface area contributed by atoms with E-state index in [-0.39, 0.29) is 11.9 Å². The molecule has 1 aliphatic heterocycles. The van der Waals surface area contributed by atoms with Gasteiger partial charge >= 0.3 is 0 Å². The third-order valence-corrected chi connectivity index (χ3v) is 5.69. The summed E-state index contributed by atoms with van der Waals surface area (Å²) in [6.45, 7) is 2.94. The summed E-state index contributed by atoms with van der Waals surface area (Å²) in [4.78, 5) is 20.3. The van der Waals surface area contributed by atoms with Crippen molar-refractivity contribution < 1.29 is 14.3 Å². The number of hydrogen-bond donors (Lipinski definition) is 0. The molecule has 1 fully saturated rings. The number of piperidine rings is 1. The van der Waals surface area contributed by atoms with E-state index in [0.717, 1.165) is 41.5 Å². The summed E-state index contributed by atoms with van der Waals surface area (Å²) in [6, 6.07) is 15.7. The van der Waals surface area contributed by atoms with Crippen LogP contribution in [-0.2, 0) is 0 Å². The molecule has 5 heteroatoms. The second-order valence-electron chi connectivity index (χ2n) is 7.49. The zero-order valence-electron chi connectivity index (χ0n) is 17.1. The fourth-order valence-corrected chi connectivity index (χ4v) is 4.05. The fourth-order valence-electron chi connectivity index (χ4n) is 4.05. The summed E-state index contributed by atoms with van der Waals surface area (Å²) in [5.41, 5.74) is 3.15. The summed E-state index contributed by atoms with van der Waals surface area (Å²) >= 11 is 0. The fraction of sp³-hybridized carbons (Fsp3) is 0.333. The smallest absolute Gasteiger partial charge is 0.254 e. The molecule has 0 radical (unpaired) electrons. The maximum atomic E-state index is 13.5. The predicted molar refractivity (Wildman–Crippen MR) is 115 cm³/mol. The molecular formula is C24H26N2O3. The normalized spacial score (nSPS) is 16.7. The minimum Gasteiger partial charge on any atom is -0.493 e. The summed E-state index contributed by atoms with van der Waals surface area (Å²) in [6.07, 6.45) is 3.29. The number of rotatable bonds is 4. The molecule has 29 heavy (non-hydrogen) atoms. The number of pyridine rings is 1. The minimum absolute atomic E-state index is 0.0810. The van der Waals surface area contributed by atoms with Crippen molar-refractivity contribution in [2.75, 3.05) is 20.8 Å². The molecular weight excluding hydrogens is 364 g/mol. The van der Waals surface area contributed by atoms with E-state index in [1.807, 2.05) is 53.4 Å². The van der Waals surface area contributed by atoms with Crippen LogP contribution in [0.4, 0.5) is 0 Å². The number of benzene rings is 2. The molecule has 1 aliphatic rings. The molecule has 5 nitrogen and oxygen atoms in total. The number of ether oxygens (including phenoxy) is 2. The first-order valence-electron chi connectivity index (χ1n) is 10.1. The first-order chi connectivity index (χ1) is 14.1. The van der Waals surface area contributed by atoms with Crippen molar-refractivity contribution in [2.45, 2.75) is 32.2 Å². The maximum Gasteiger partial charge on any atom is 0.254 e. The summed E-state index contributed by atoms with van der Waals surface area (Å²) in [7, 11) is 3.23. The number of methoxy groups -OCH3 is 2. The highest BCUT2D eigenvalue weighted by Crippen LogP contribution is 2.33. The van der Waals surface area contributed by atoms with Crippen molar-refractivity contribution in [3.05, 3.63) is 54.1 Å². The van der Waals surface area contributed by atoms with Crippen molar-refractivity contribution >= 4 is 16.8 Å². The first kappa shape index (κ1) is 19.2. The molecule has 150 valence electrons. The number of amides is 1. The van der Waals surface area contributed by atoms with Gasteiger partial charge in [-0.2, -0.15) is 0 Å². The topological polar surface area (TPSA) is 51.7 Å². The molecule has 4 rings (SSSR count). The van der Waals surface area contributed by atoms with Crippen molar-refractivity contribution in [2.24, 2.45) is 0 Å². The average Bonchev–Trinajstić information content (AvgIpc) is 2.77. The van der Waals surface area contributed by atoms with Gasteiger partial charge in [0.2, 0.25) is 0 Å². The number of hydrogen-bond acceptors (Lipinski definition) is 4. The largest absolute Gasteiger partial charge is 0.493 e. The Morgan fingerprint density at radius 3 is 2.59 bits per heavy atom. The van der Waals surface area contributed by atoms with E-state index in [0.29, 0.717) is 17.1 Å². The molecule has 0 unspecified atom stereocenters. The Morgan fingerprint density at radius 2 is 1.83 bits per heavy atom. The van der Waals surface area contributed by atoms with Crippen LogP contribution in [0.5, 0.6) is 11.5 Å². The van der Waals surface area contributed by atoms with Crippen LogP contribution in [0.25, 0.3) is 22.2 Å². The number of para-hydroxylation sites is 1. The summed E-state index contributed by atoms with van der Waals surface area (Å²) in [5, 5.41) is 0.888. The molecule has 2 aromatic carbocycles. The van der Waals surface area contributed by atoms with E-state index in [1.165, 1.54) is 6.42 Å². The number of fused-ring (bicyclic) bond motifs is 1. The lowest BCUT2D eigenvalue weighted by Crippen LogP contribution is -2.42. The van der Waals surface area contributed by atoms with Crippen molar-refractivity contribution in [3.8, 4) is 22.8 Å². The highest BCUT2D eigenvalue weighted by atomic mass is 16.5. The van der Waals surface area contributed by atoms with Gasteiger partial charge in [0.15, 0.2) is 11.5 Å². The van der Waals surface area contributed by atoms with Gasteiger partial charge in [-0.05, 0) is 56.5 Å². The van der Waals surface area contributed by atoms with Gasteiger partial charge in [-0.25, -0.2) is 4.98 Å². The van der Waals surface area contributed by atoms with E-state index < -0.39 is 0 Å². The van der Waals surface area contributed by atoms with Gasteiger partial charge in [0.1, 0.15) is 0 Å². The van der Waals surface area contributed by atoms with Gasteiger partial charge in [0.25, 0.3) is 5.91 Å². The lowest BCUT2D eigenvalue weighted by atomic mass is 9.99. The monoisotopic (exact) mass is 390 g/mol. The molecule has 0 spiro atoms. The number of carbonyl (C=O) groups excluding carboxylic acids is 1. The zero-order chi connectivity index (χ0) is 20.4. The Balaban J connectivity index is 1.84. The SMILES string of the molecule is COc1ccc(-c2cc(C(=O)N3CCCC[C@H]3C)c3ccccc3n2)cc1OC. The molecule has 1 aromatic heterocycles. The standard InChI is InChI=1S/C24H26N2O3/c1-16-8-6-7-13-26(16)24(27)19-15-21(25-20-10-5-4-9-18(19)20)17-11-12-22(28-2)23(14-17)29-3/h4-5,9-12,14-16H,6-8,13H2,1-3H3/t16-/m1/s1. The highest BCUT2D eigenvalue weighted by Gasteiger charge is 2.26. The molecule has 1 atom stereocenters. The van der Waals surface area contributed by atoms with Crippen LogP contribution in [0, 0.1) is 0 Å². The van der Waals surface area contributed by atoms with E-state index in [9.17, 15) is 4.79 Å². The predicted octanol–water partition coefficient (Wildman–Crippen LogP) is 4.93. The molecule has 3 aromatic rings. The van der Waals surface area contributed by atoms with E-state index >= 15 is 0 Å². The van der Waals surface area contributed by atoms with Crippen molar-refractivity contribution in [1.29, 1.82) is 0 Å². The molecule has 0 N–H and O–H groups in total. The van der Waals surface area contributed by atoms with Crippen LogP contribution in [0.3, 0.4) is 0 Å². The molecule has 0 bridgehead atoms. The lowest BCUT2D eigenvalue weighted by Gasteiger charge is -2.33. The molecule has 1 saturated heterocycles. The van der Waals surface area contributed by atoms with Gasteiger partial charge < -0.3 is 14.4 Å². The van der Waals surface area contributed by atoms with E-state index in [1.54, 1.807) is 14.2 Å². The van der Waals surface area contributed by atoms with Gasteiger partial charge in [0, 0.05) is 23.5 Å². The number of nitrogens with zero attached hydrogens (tertiary/aromatic N) is 2. The second-order valence-corrected chi connectivity index (χ2v) is 7.49. The quantitative estimate of drug-likeness (QED) is 0.634. The molecule has 0 aliphatic carbocycles. The van der Waals surface area contributed by atoms with Gasteiger partial charge in [-0.15, -0.1) is 0 Å². The van der Waals surface area contributed by atoms with Crippen LogP contribution in [0.15, 0.2) is 48.5 Å². The Hall–Kier alpha value is -3.08. The lowest BCUT2D eigenvalue weighted by molar-refractivity contribution is 0.0637. The highest BCUT2D eigenvalue weighted by molar-refractivity contribution is 6.07. The average molecular weight is 390 g/mol. The van der Waals surface area contributed by atoms with Gasteiger partial charge in [0.05, 0.1) is 31.0 Å². The minimum atomic E-state index is 0.0810. The Bertz CT molecular complexity index is 1050.